The van der Waals surface area contributed by atoms with E-state index in [-0.39, 0.29) is 0 Å². The fourth-order valence-corrected chi connectivity index (χ4v) is 2.45. The van der Waals surface area contributed by atoms with Crippen molar-refractivity contribution in [1.82, 2.24) is 5.32 Å². The first-order valence-electron chi connectivity index (χ1n) is 5.28. The summed E-state index contributed by atoms with van der Waals surface area (Å²) in [6.07, 6.45) is 4.04. The summed E-state index contributed by atoms with van der Waals surface area (Å²) < 4.78 is 11.1. The SMILES string of the molecule is CNC(C1CCOC1)C1CCCO1. The van der Waals surface area contributed by atoms with E-state index in [4.69, 9.17) is 9.47 Å². The molecule has 3 nitrogen and oxygen atoms in total. The molecule has 2 aliphatic rings. The van der Waals surface area contributed by atoms with Crippen LogP contribution in [0.2, 0.25) is 0 Å². The number of nitrogens with one attached hydrogen (secondary N) is 1. The van der Waals surface area contributed by atoms with Gasteiger partial charge in [0, 0.05) is 25.2 Å². The smallest absolute Gasteiger partial charge is 0.0732 e. The van der Waals surface area contributed by atoms with Crippen molar-refractivity contribution in [2.45, 2.75) is 31.4 Å². The predicted molar refractivity (Wildman–Crippen MR) is 50.7 cm³/mol. The highest BCUT2D eigenvalue weighted by molar-refractivity contribution is 4.87. The van der Waals surface area contributed by atoms with Crippen LogP contribution in [-0.2, 0) is 9.47 Å². The summed E-state index contributed by atoms with van der Waals surface area (Å²) in [7, 11) is 2.03. The Morgan fingerprint density at radius 2 is 2.23 bits per heavy atom. The fourth-order valence-electron chi connectivity index (χ4n) is 2.45. The highest BCUT2D eigenvalue weighted by Gasteiger charge is 2.33. The first-order valence-corrected chi connectivity index (χ1v) is 5.28. The Morgan fingerprint density at radius 1 is 1.31 bits per heavy atom. The molecule has 2 aliphatic heterocycles. The Morgan fingerprint density at radius 3 is 2.77 bits per heavy atom. The Balaban J connectivity index is 1.90. The van der Waals surface area contributed by atoms with Crippen LogP contribution in [0.5, 0.6) is 0 Å². The van der Waals surface area contributed by atoms with Gasteiger partial charge in [0.05, 0.1) is 12.7 Å². The Labute approximate surface area is 79.8 Å². The number of likely N-dealkylation sites (N-methyl/N-ethyl adjacent to an activating group) is 1. The number of ether oxygens (including phenoxy) is 2. The standard InChI is InChI=1S/C10H19NO2/c1-11-10(8-4-6-12-7-8)9-3-2-5-13-9/h8-11H,2-7H2,1H3. The molecule has 0 amide bonds. The quantitative estimate of drug-likeness (QED) is 0.705. The minimum atomic E-state index is 0.427. The van der Waals surface area contributed by atoms with Crippen LogP contribution in [-0.4, -0.2) is 39.0 Å². The van der Waals surface area contributed by atoms with Gasteiger partial charge in [0.25, 0.3) is 0 Å². The zero-order chi connectivity index (χ0) is 9.10. The Hall–Kier alpha value is -0.120. The fraction of sp³-hybridized carbons (Fsp3) is 1.00. The van der Waals surface area contributed by atoms with E-state index in [0.717, 1.165) is 19.8 Å². The molecule has 3 atom stereocenters. The van der Waals surface area contributed by atoms with Gasteiger partial charge in [0.1, 0.15) is 0 Å². The molecule has 2 rings (SSSR count). The zero-order valence-corrected chi connectivity index (χ0v) is 8.29. The van der Waals surface area contributed by atoms with Crippen LogP contribution >= 0.6 is 0 Å². The third kappa shape index (κ3) is 2.03. The second-order valence-electron chi connectivity index (χ2n) is 3.99. The van der Waals surface area contributed by atoms with Gasteiger partial charge in [-0.1, -0.05) is 0 Å². The van der Waals surface area contributed by atoms with Gasteiger partial charge in [-0.25, -0.2) is 0 Å². The van der Waals surface area contributed by atoms with Gasteiger partial charge in [-0.05, 0) is 26.3 Å². The molecule has 0 aromatic rings. The lowest BCUT2D eigenvalue weighted by Gasteiger charge is -2.27. The average molecular weight is 185 g/mol. The molecule has 0 saturated carbocycles. The van der Waals surface area contributed by atoms with Crippen molar-refractivity contribution >= 4 is 0 Å². The van der Waals surface area contributed by atoms with Crippen molar-refractivity contribution in [3.8, 4) is 0 Å². The third-order valence-electron chi connectivity index (χ3n) is 3.17. The number of hydrogen-bond donors (Lipinski definition) is 1. The Bertz CT molecular complexity index is 135. The summed E-state index contributed by atoms with van der Waals surface area (Å²) in [5.41, 5.74) is 0. The van der Waals surface area contributed by atoms with E-state index in [0.29, 0.717) is 18.1 Å². The molecule has 3 unspecified atom stereocenters. The third-order valence-corrected chi connectivity index (χ3v) is 3.17. The summed E-state index contributed by atoms with van der Waals surface area (Å²) >= 11 is 0. The predicted octanol–water partition coefficient (Wildman–Crippen LogP) is 0.790. The van der Waals surface area contributed by atoms with Gasteiger partial charge in [-0.2, -0.15) is 0 Å². The lowest BCUT2D eigenvalue weighted by atomic mass is 9.93. The number of hydrogen-bond acceptors (Lipinski definition) is 3. The van der Waals surface area contributed by atoms with Crippen molar-refractivity contribution in [1.29, 1.82) is 0 Å². The molecular formula is C10H19NO2. The van der Waals surface area contributed by atoms with Crippen LogP contribution in [0.4, 0.5) is 0 Å². The molecular weight excluding hydrogens is 166 g/mol. The first kappa shape index (κ1) is 9.44. The van der Waals surface area contributed by atoms with Crippen molar-refractivity contribution < 1.29 is 9.47 Å². The molecule has 76 valence electrons. The van der Waals surface area contributed by atoms with Crippen LogP contribution < -0.4 is 5.32 Å². The lowest BCUT2D eigenvalue weighted by molar-refractivity contribution is 0.0566. The van der Waals surface area contributed by atoms with E-state index in [9.17, 15) is 0 Å². The maximum atomic E-state index is 5.70. The summed E-state index contributed by atoms with van der Waals surface area (Å²) in [4.78, 5) is 0. The van der Waals surface area contributed by atoms with Gasteiger partial charge >= 0.3 is 0 Å². The first-order chi connectivity index (χ1) is 6.42. The van der Waals surface area contributed by atoms with E-state index in [2.05, 4.69) is 5.32 Å². The molecule has 0 radical (unpaired) electrons. The minimum absolute atomic E-state index is 0.427. The van der Waals surface area contributed by atoms with Crippen LogP contribution in [0.3, 0.4) is 0 Å². The van der Waals surface area contributed by atoms with Crippen LogP contribution in [0.1, 0.15) is 19.3 Å². The molecule has 2 fully saturated rings. The van der Waals surface area contributed by atoms with Crippen molar-refractivity contribution in [3.05, 3.63) is 0 Å². The van der Waals surface area contributed by atoms with Gasteiger partial charge in [-0.15, -0.1) is 0 Å². The molecule has 3 heteroatoms. The highest BCUT2D eigenvalue weighted by Crippen LogP contribution is 2.25. The molecule has 1 N–H and O–H groups in total. The summed E-state index contributed by atoms with van der Waals surface area (Å²) in [5.74, 6) is 0.660. The van der Waals surface area contributed by atoms with Gasteiger partial charge in [0.15, 0.2) is 0 Å². The largest absolute Gasteiger partial charge is 0.381 e. The molecule has 2 saturated heterocycles. The van der Waals surface area contributed by atoms with E-state index < -0.39 is 0 Å². The van der Waals surface area contributed by atoms with E-state index in [1.54, 1.807) is 0 Å². The van der Waals surface area contributed by atoms with Crippen LogP contribution in [0.25, 0.3) is 0 Å². The van der Waals surface area contributed by atoms with Crippen LogP contribution in [0, 0.1) is 5.92 Å². The molecule has 0 aromatic carbocycles. The maximum absolute atomic E-state index is 5.70. The highest BCUT2D eigenvalue weighted by atomic mass is 16.5. The molecule has 0 aromatic heterocycles. The summed E-state index contributed by atoms with van der Waals surface area (Å²) in [5, 5.41) is 3.38. The van der Waals surface area contributed by atoms with Gasteiger partial charge < -0.3 is 14.8 Å². The average Bonchev–Trinajstić information content (AvgIpc) is 2.76. The number of rotatable bonds is 3. The lowest BCUT2D eigenvalue weighted by Crippen LogP contribution is -2.43. The van der Waals surface area contributed by atoms with E-state index in [1.165, 1.54) is 19.3 Å². The second-order valence-corrected chi connectivity index (χ2v) is 3.99. The normalized spacial score (nSPS) is 36.7. The van der Waals surface area contributed by atoms with E-state index >= 15 is 0 Å². The van der Waals surface area contributed by atoms with Crippen molar-refractivity contribution in [2.75, 3.05) is 26.9 Å². The van der Waals surface area contributed by atoms with E-state index in [1.807, 2.05) is 7.05 Å². The minimum Gasteiger partial charge on any atom is -0.381 e. The Kier molecular flexibility index (Phi) is 3.19. The maximum Gasteiger partial charge on any atom is 0.0732 e. The van der Waals surface area contributed by atoms with Gasteiger partial charge in [-0.3, -0.25) is 0 Å². The molecule has 0 aliphatic carbocycles. The van der Waals surface area contributed by atoms with Crippen LogP contribution in [0.15, 0.2) is 0 Å². The van der Waals surface area contributed by atoms with Gasteiger partial charge in [0.2, 0.25) is 0 Å². The summed E-state index contributed by atoms with van der Waals surface area (Å²) in [6.45, 7) is 2.78. The van der Waals surface area contributed by atoms with Crippen molar-refractivity contribution in [2.24, 2.45) is 5.92 Å². The molecule has 0 bridgehead atoms. The second kappa shape index (κ2) is 4.40. The molecule has 2 heterocycles. The zero-order valence-electron chi connectivity index (χ0n) is 8.29. The molecule has 0 spiro atoms. The molecule has 13 heavy (non-hydrogen) atoms. The van der Waals surface area contributed by atoms with Crippen molar-refractivity contribution in [3.63, 3.8) is 0 Å². The monoisotopic (exact) mass is 185 g/mol. The topological polar surface area (TPSA) is 30.5 Å². The summed E-state index contributed by atoms with van der Waals surface area (Å²) in [6, 6.07) is 0.505.